The first-order chi connectivity index (χ1) is 13.7. The number of amides is 1. The van der Waals surface area contributed by atoms with Gasteiger partial charge in [0, 0.05) is 49.9 Å². The van der Waals surface area contributed by atoms with Crippen molar-refractivity contribution in [3.8, 4) is 0 Å². The number of rotatable bonds is 4. The molecule has 30 heavy (non-hydrogen) atoms. The Hall–Kier alpha value is -1.34. The average molecular weight is 473 g/mol. The summed E-state index contributed by atoms with van der Waals surface area (Å²) in [4.78, 5) is 17.7. The molecule has 2 saturated heterocycles. The summed E-state index contributed by atoms with van der Waals surface area (Å²) in [6.07, 6.45) is 0. The molecule has 1 atom stereocenters. The Balaban J connectivity index is 0.00000160. The Kier molecular flexibility index (Phi) is 9.88. The van der Waals surface area contributed by atoms with Crippen molar-refractivity contribution in [2.75, 3.05) is 45.9 Å². The van der Waals surface area contributed by atoms with Crippen molar-refractivity contribution >= 4 is 42.3 Å². The minimum Gasteiger partial charge on any atom is -0.379 e. The van der Waals surface area contributed by atoms with Crippen LogP contribution in [0.3, 0.4) is 0 Å². The number of hydrogen-bond acceptors (Lipinski definition) is 4. The Labute approximate surface area is 195 Å². The van der Waals surface area contributed by atoms with Crippen molar-refractivity contribution in [3.63, 3.8) is 0 Å². The van der Waals surface area contributed by atoms with E-state index in [0.29, 0.717) is 11.6 Å². The minimum atomic E-state index is -0.0113. The van der Waals surface area contributed by atoms with E-state index in [9.17, 15) is 4.79 Å². The van der Waals surface area contributed by atoms with Crippen LogP contribution in [0.25, 0.3) is 0 Å². The second-order valence-electron chi connectivity index (χ2n) is 7.36. The Bertz CT molecular complexity index is 831. The lowest BCUT2D eigenvalue weighted by atomic mass is 10.0. The molecule has 1 amide bonds. The van der Waals surface area contributed by atoms with Gasteiger partial charge in [0.05, 0.1) is 19.3 Å². The second kappa shape index (κ2) is 11.9. The molecule has 2 heterocycles. The molecular formula is C22H28Cl3N3O2. The molecule has 0 bridgehead atoms. The lowest BCUT2D eigenvalue weighted by molar-refractivity contribution is 0.0341. The van der Waals surface area contributed by atoms with Gasteiger partial charge < -0.3 is 15.0 Å². The summed E-state index contributed by atoms with van der Waals surface area (Å²) < 4.78 is 5.42. The zero-order valence-corrected chi connectivity index (χ0v) is 19.1. The molecule has 0 aromatic heterocycles. The van der Waals surface area contributed by atoms with Crippen molar-refractivity contribution in [1.82, 2.24) is 15.1 Å². The van der Waals surface area contributed by atoms with Gasteiger partial charge >= 0.3 is 0 Å². The van der Waals surface area contributed by atoms with Crippen LogP contribution in [0.15, 0.2) is 48.5 Å². The lowest BCUT2D eigenvalue weighted by Gasteiger charge is -2.37. The highest BCUT2D eigenvalue weighted by molar-refractivity contribution is 6.30. The molecule has 0 aliphatic carbocycles. The first-order valence-corrected chi connectivity index (χ1v) is 10.2. The molecule has 164 valence electrons. The van der Waals surface area contributed by atoms with E-state index in [1.807, 2.05) is 47.4 Å². The van der Waals surface area contributed by atoms with Crippen molar-refractivity contribution in [2.24, 2.45) is 0 Å². The van der Waals surface area contributed by atoms with E-state index in [2.05, 4.69) is 16.3 Å². The summed E-state index contributed by atoms with van der Waals surface area (Å²) in [6.45, 7) is 6.50. The molecule has 2 aliphatic heterocycles. The number of piperazine rings is 1. The third kappa shape index (κ3) is 6.10. The van der Waals surface area contributed by atoms with Crippen LogP contribution in [0.5, 0.6) is 0 Å². The van der Waals surface area contributed by atoms with Gasteiger partial charge in [-0.25, -0.2) is 0 Å². The zero-order chi connectivity index (χ0) is 19.3. The molecule has 2 aromatic carbocycles. The highest BCUT2D eigenvalue weighted by Crippen LogP contribution is 2.26. The van der Waals surface area contributed by atoms with E-state index in [4.69, 9.17) is 16.3 Å². The number of ether oxygens (including phenoxy) is 1. The molecule has 2 fully saturated rings. The van der Waals surface area contributed by atoms with E-state index < -0.39 is 0 Å². The molecule has 0 spiro atoms. The van der Waals surface area contributed by atoms with Crippen LogP contribution in [0, 0.1) is 0 Å². The van der Waals surface area contributed by atoms with Gasteiger partial charge in [-0.15, -0.1) is 24.8 Å². The van der Waals surface area contributed by atoms with Gasteiger partial charge in [-0.05, 0) is 35.4 Å². The fourth-order valence-electron chi connectivity index (χ4n) is 3.95. The van der Waals surface area contributed by atoms with Crippen molar-refractivity contribution in [2.45, 2.75) is 12.6 Å². The molecule has 8 heteroatoms. The van der Waals surface area contributed by atoms with E-state index >= 15 is 0 Å². The van der Waals surface area contributed by atoms with E-state index in [1.54, 1.807) is 0 Å². The molecule has 2 aromatic rings. The smallest absolute Gasteiger partial charge is 0.254 e. The van der Waals surface area contributed by atoms with Gasteiger partial charge in [-0.1, -0.05) is 35.9 Å². The van der Waals surface area contributed by atoms with Crippen LogP contribution in [0.2, 0.25) is 5.02 Å². The lowest BCUT2D eigenvalue weighted by Crippen LogP contribution is -2.48. The van der Waals surface area contributed by atoms with E-state index in [0.717, 1.165) is 57.1 Å². The van der Waals surface area contributed by atoms with Crippen molar-refractivity contribution in [3.05, 3.63) is 70.2 Å². The highest BCUT2D eigenvalue weighted by atomic mass is 35.5. The number of morpholine rings is 1. The van der Waals surface area contributed by atoms with Gasteiger partial charge in [-0.3, -0.25) is 9.69 Å². The maximum Gasteiger partial charge on any atom is 0.254 e. The van der Waals surface area contributed by atoms with Crippen LogP contribution in [-0.2, 0) is 11.3 Å². The zero-order valence-electron chi connectivity index (χ0n) is 16.8. The van der Waals surface area contributed by atoms with Crippen molar-refractivity contribution < 1.29 is 9.53 Å². The van der Waals surface area contributed by atoms with E-state index in [-0.39, 0.29) is 36.8 Å². The van der Waals surface area contributed by atoms with Gasteiger partial charge in [0.1, 0.15) is 0 Å². The summed E-state index contributed by atoms with van der Waals surface area (Å²) >= 11 is 6.18. The number of halogens is 3. The molecule has 0 saturated carbocycles. The predicted octanol–water partition coefficient (Wildman–Crippen LogP) is 3.80. The minimum absolute atomic E-state index is 0. The van der Waals surface area contributed by atoms with Crippen LogP contribution >= 0.6 is 36.4 Å². The van der Waals surface area contributed by atoms with Crippen LogP contribution in [-0.4, -0.2) is 61.6 Å². The number of benzene rings is 2. The van der Waals surface area contributed by atoms with Crippen LogP contribution in [0.4, 0.5) is 0 Å². The highest BCUT2D eigenvalue weighted by Gasteiger charge is 2.29. The summed E-state index contributed by atoms with van der Waals surface area (Å²) in [5.41, 5.74) is 2.99. The largest absolute Gasteiger partial charge is 0.379 e. The molecule has 4 rings (SSSR count). The van der Waals surface area contributed by atoms with Gasteiger partial charge in [0.25, 0.3) is 5.91 Å². The van der Waals surface area contributed by atoms with Crippen LogP contribution in [0.1, 0.15) is 27.5 Å². The third-order valence-corrected chi connectivity index (χ3v) is 5.66. The molecule has 2 aliphatic rings. The van der Waals surface area contributed by atoms with Gasteiger partial charge in [0.15, 0.2) is 0 Å². The average Bonchev–Trinajstić information content (AvgIpc) is 2.74. The normalized spacial score (nSPS) is 19.5. The molecule has 5 nitrogen and oxygen atoms in total. The Morgan fingerprint density at radius 2 is 1.83 bits per heavy atom. The predicted molar refractivity (Wildman–Crippen MR) is 125 cm³/mol. The van der Waals surface area contributed by atoms with Crippen molar-refractivity contribution in [1.29, 1.82) is 0 Å². The first kappa shape index (κ1) is 24.9. The van der Waals surface area contributed by atoms with Gasteiger partial charge in [0.2, 0.25) is 0 Å². The molecule has 0 radical (unpaired) electrons. The summed E-state index contributed by atoms with van der Waals surface area (Å²) in [5, 5.41) is 4.10. The second-order valence-corrected chi connectivity index (χ2v) is 7.80. The number of hydrogen-bond donors (Lipinski definition) is 1. The number of carbonyl (C=O) groups is 1. The summed E-state index contributed by atoms with van der Waals surface area (Å²) in [5.74, 6) is 0.0790. The standard InChI is InChI=1S/C22H26ClN3O2.2ClH/c23-20-6-2-4-18(14-20)21-15-24-7-8-26(21)22(27)19-5-1-3-17(13-19)16-25-9-11-28-12-10-25;;/h1-6,13-14,21,24H,7-12,15-16H2;2*1H. The summed E-state index contributed by atoms with van der Waals surface area (Å²) in [7, 11) is 0. The van der Waals surface area contributed by atoms with Crippen LogP contribution < -0.4 is 5.32 Å². The third-order valence-electron chi connectivity index (χ3n) is 5.42. The number of carbonyl (C=O) groups excluding carboxylic acids is 1. The topological polar surface area (TPSA) is 44.8 Å². The Morgan fingerprint density at radius 1 is 1.07 bits per heavy atom. The fourth-order valence-corrected chi connectivity index (χ4v) is 4.14. The Morgan fingerprint density at radius 3 is 2.60 bits per heavy atom. The maximum atomic E-state index is 13.3. The monoisotopic (exact) mass is 471 g/mol. The number of nitrogens with one attached hydrogen (secondary N) is 1. The summed E-state index contributed by atoms with van der Waals surface area (Å²) in [6, 6.07) is 15.8. The first-order valence-electron chi connectivity index (χ1n) is 9.87. The van der Waals surface area contributed by atoms with Gasteiger partial charge in [-0.2, -0.15) is 0 Å². The molecule has 1 unspecified atom stereocenters. The molecular weight excluding hydrogens is 445 g/mol. The molecule has 1 N–H and O–H groups in total. The van der Waals surface area contributed by atoms with E-state index in [1.165, 1.54) is 5.56 Å². The fraction of sp³-hybridized carbons (Fsp3) is 0.409. The SMILES string of the molecule is Cl.Cl.O=C(c1cccc(CN2CCOCC2)c1)N1CCNCC1c1cccc(Cl)c1. The maximum absolute atomic E-state index is 13.3. The quantitative estimate of drug-likeness (QED) is 0.735. The number of nitrogens with zero attached hydrogens (tertiary/aromatic N) is 2.